The largest absolute Gasteiger partial charge is 0.478 e. The number of carbonyl (C=O) groups is 2. The highest BCUT2D eigenvalue weighted by atomic mass is 35.5. The molecule has 1 amide bonds. The minimum Gasteiger partial charge on any atom is -0.478 e. The van der Waals surface area contributed by atoms with Crippen LogP contribution >= 0.6 is 11.6 Å². The number of carbonyl (C=O) groups excluding carboxylic acids is 1. The predicted octanol–water partition coefficient (Wildman–Crippen LogP) is 5.18. The minimum absolute atomic E-state index is 0.0223. The van der Waals surface area contributed by atoms with Crippen molar-refractivity contribution in [1.29, 1.82) is 0 Å². The standard InChI is InChI=1S/C27H35ClN2O4/c1-6-20-21(25(32)33)8-7-9-22(20)29-23(17(2)3)24(31)30-15-14-27(34,26(4,5)16-30)18-10-12-19(28)13-11-18/h7-13,17,23,29,34H,6,14-16H2,1-5H3,(H,32,33)/t23-,27+/m1/s1. The Hall–Kier alpha value is -2.57. The minimum atomic E-state index is -1.08. The molecule has 3 rings (SSSR count). The van der Waals surface area contributed by atoms with E-state index in [0.29, 0.717) is 42.2 Å². The van der Waals surface area contributed by atoms with Gasteiger partial charge in [0.1, 0.15) is 6.04 Å². The van der Waals surface area contributed by atoms with Crippen molar-refractivity contribution in [3.63, 3.8) is 0 Å². The van der Waals surface area contributed by atoms with Gasteiger partial charge in [-0.1, -0.05) is 64.4 Å². The molecule has 34 heavy (non-hydrogen) atoms. The van der Waals surface area contributed by atoms with E-state index in [9.17, 15) is 19.8 Å². The molecule has 1 aliphatic heterocycles. The number of likely N-dealkylation sites (tertiary alicyclic amines) is 1. The van der Waals surface area contributed by atoms with Crippen molar-refractivity contribution in [2.75, 3.05) is 18.4 Å². The number of benzene rings is 2. The van der Waals surface area contributed by atoms with Crippen LogP contribution in [-0.4, -0.2) is 46.1 Å². The number of hydrogen-bond acceptors (Lipinski definition) is 4. The van der Waals surface area contributed by atoms with E-state index in [2.05, 4.69) is 5.32 Å². The number of amides is 1. The highest BCUT2D eigenvalue weighted by molar-refractivity contribution is 6.30. The summed E-state index contributed by atoms with van der Waals surface area (Å²) in [6.45, 7) is 10.6. The first kappa shape index (κ1) is 26.0. The number of carboxylic acid groups (broad SMARTS) is 1. The number of piperidine rings is 1. The molecular weight excluding hydrogens is 452 g/mol. The van der Waals surface area contributed by atoms with Crippen LogP contribution in [-0.2, 0) is 16.8 Å². The maximum Gasteiger partial charge on any atom is 0.336 e. The van der Waals surface area contributed by atoms with Crippen LogP contribution in [0.1, 0.15) is 62.5 Å². The van der Waals surface area contributed by atoms with E-state index in [1.165, 1.54) is 0 Å². The first-order valence-electron chi connectivity index (χ1n) is 11.8. The fraction of sp³-hybridized carbons (Fsp3) is 0.481. The molecule has 2 aromatic carbocycles. The Morgan fingerprint density at radius 3 is 2.32 bits per heavy atom. The number of nitrogens with one attached hydrogen (secondary N) is 1. The average molecular weight is 487 g/mol. The van der Waals surface area contributed by atoms with Gasteiger partial charge < -0.3 is 20.4 Å². The Morgan fingerprint density at radius 2 is 1.79 bits per heavy atom. The number of rotatable bonds is 7. The second-order valence-electron chi connectivity index (χ2n) is 10.1. The van der Waals surface area contributed by atoms with Gasteiger partial charge >= 0.3 is 5.97 Å². The maximum atomic E-state index is 13.7. The molecular formula is C27H35ClN2O4. The molecule has 3 N–H and O–H groups in total. The van der Waals surface area contributed by atoms with Crippen LogP contribution in [0.4, 0.5) is 5.69 Å². The molecule has 0 aromatic heterocycles. The van der Waals surface area contributed by atoms with Gasteiger partial charge in [-0.3, -0.25) is 4.79 Å². The Kier molecular flexibility index (Phi) is 7.63. The molecule has 7 heteroatoms. The van der Waals surface area contributed by atoms with Gasteiger partial charge in [0.2, 0.25) is 5.91 Å². The van der Waals surface area contributed by atoms with Crippen molar-refractivity contribution in [3.05, 3.63) is 64.2 Å². The molecule has 1 fully saturated rings. The summed E-state index contributed by atoms with van der Waals surface area (Å²) >= 11 is 6.04. The van der Waals surface area contributed by atoms with E-state index < -0.39 is 23.0 Å². The highest BCUT2D eigenvalue weighted by Crippen LogP contribution is 2.46. The molecule has 184 valence electrons. The lowest BCUT2D eigenvalue weighted by molar-refractivity contribution is -0.154. The SMILES string of the molecule is CCc1c(N[C@@H](C(=O)N2CC[C@](O)(c3ccc(Cl)cc3)C(C)(C)C2)C(C)C)cccc1C(=O)O. The van der Waals surface area contributed by atoms with Crippen molar-refractivity contribution in [3.8, 4) is 0 Å². The lowest BCUT2D eigenvalue weighted by atomic mass is 9.66. The topological polar surface area (TPSA) is 89.9 Å². The second kappa shape index (κ2) is 9.96. The molecule has 1 saturated heterocycles. The molecule has 1 heterocycles. The van der Waals surface area contributed by atoms with Crippen LogP contribution in [0.25, 0.3) is 0 Å². The summed E-state index contributed by atoms with van der Waals surface area (Å²) in [4.78, 5) is 27.2. The molecule has 0 aliphatic carbocycles. The molecule has 2 atom stereocenters. The molecule has 2 aromatic rings. The van der Waals surface area contributed by atoms with E-state index in [4.69, 9.17) is 11.6 Å². The molecule has 0 spiro atoms. The third-order valence-electron chi connectivity index (χ3n) is 7.09. The number of anilines is 1. The Morgan fingerprint density at radius 1 is 1.15 bits per heavy atom. The summed E-state index contributed by atoms with van der Waals surface area (Å²) in [5.74, 6) is -1.05. The first-order chi connectivity index (χ1) is 15.9. The quantitative estimate of drug-likeness (QED) is 0.501. The average Bonchev–Trinajstić information content (AvgIpc) is 2.78. The van der Waals surface area contributed by atoms with Gasteiger partial charge in [-0.05, 0) is 54.2 Å². The molecule has 0 saturated carbocycles. The lowest BCUT2D eigenvalue weighted by Crippen LogP contribution is -2.59. The fourth-order valence-electron chi connectivity index (χ4n) is 4.95. The number of carboxylic acids is 1. The third-order valence-corrected chi connectivity index (χ3v) is 7.34. The van der Waals surface area contributed by atoms with Gasteiger partial charge in [-0.15, -0.1) is 0 Å². The van der Waals surface area contributed by atoms with Gasteiger partial charge in [-0.25, -0.2) is 4.79 Å². The number of aliphatic hydroxyl groups is 1. The smallest absolute Gasteiger partial charge is 0.336 e. The second-order valence-corrected chi connectivity index (χ2v) is 10.6. The van der Waals surface area contributed by atoms with Crippen molar-refractivity contribution in [1.82, 2.24) is 4.90 Å². The summed E-state index contributed by atoms with van der Waals surface area (Å²) in [5, 5.41) is 25.2. The van der Waals surface area contributed by atoms with Crippen molar-refractivity contribution >= 4 is 29.2 Å². The van der Waals surface area contributed by atoms with Crippen LogP contribution in [0.15, 0.2) is 42.5 Å². The van der Waals surface area contributed by atoms with Gasteiger partial charge in [0.05, 0.1) is 11.2 Å². The Bertz CT molecular complexity index is 1050. The zero-order chi connectivity index (χ0) is 25.3. The Balaban J connectivity index is 1.85. The molecule has 1 aliphatic rings. The van der Waals surface area contributed by atoms with Crippen molar-refractivity contribution in [2.45, 2.75) is 59.1 Å². The highest BCUT2D eigenvalue weighted by Gasteiger charge is 2.50. The van der Waals surface area contributed by atoms with Gasteiger partial charge in [0, 0.05) is 29.2 Å². The molecule has 6 nitrogen and oxygen atoms in total. The third kappa shape index (κ3) is 4.93. The van der Waals surface area contributed by atoms with E-state index in [0.717, 1.165) is 5.56 Å². The van der Waals surface area contributed by atoms with Crippen molar-refractivity contribution in [2.24, 2.45) is 11.3 Å². The zero-order valence-electron chi connectivity index (χ0n) is 20.6. The van der Waals surface area contributed by atoms with Gasteiger partial charge in [0.15, 0.2) is 0 Å². The zero-order valence-corrected chi connectivity index (χ0v) is 21.3. The molecule has 0 radical (unpaired) electrons. The number of halogens is 1. The van der Waals surface area contributed by atoms with Crippen LogP contribution in [0.3, 0.4) is 0 Å². The van der Waals surface area contributed by atoms with Crippen LogP contribution in [0.2, 0.25) is 5.02 Å². The summed E-state index contributed by atoms with van der Waals surface area (Å²) in [6.07, 6.45) is 0.946. The van der Waals surface area contributed by atoms with Crippen LogP contribution in [0, 0.1) is 11.3 Å². The van der Waals surface area contributed by atoms with Gasteiger partial charge in [0.25, 0.3) is 0 Å². The van der Waals surface area contributed by atoms with Crippen LogP contribution in [0.5, 0.6) is 0 Å². The first-order valence-corrected chi connectivity index (χ1v) is 12.2. The van der Waals surface area contributed by atoms with E-state index in [1.807, 2.05) is 57.7 Å². The number of aromatic carboxylic acids is 1. The Labute approximate surface area is 206 Å². The summed E-state index contributed by atoms with van der Waals surface area (Å²) in [5.41, 5.74) is 0.724. The fourth-order valence-corrected chi connectivity index (χ4v) is 5.08. The normalized spacial score (nSPS) is 20.8. The number of hydrogen-bond donors (Lipinski definition) is 3. The molecule has 0 unspecified atom stereocenters. The van der Waals surface area contributed by atoms with Crippen LogP contribution < -0.4 is 5.32 Å². The van der Waals surface area contributed by atoms with Gasteiger partial charge in [-0.2, -0.15) is 0 Å². The maximum absolute atomic E-state index is 13.7. The summed E-state index contributed by atoms with van der Waals surface area (Å²) in [7, 11) is 0. The predicted molar refractivity (Wildman–Crippen MR) is 135 cm³/mol. The summed E-state index contributed by atoms with van der Waals surface area (Å²) < 4.78 is 0. The van der Waals surface area contributed by atoms with E-state index >= 15 is 0 Å². The molecule has 0 bridgehead atoms. The van der Waals surface area contributed by atoms with Crippen molar-refractivity contribution < 1.29 is 19.8 Å². The van der Waals surface area contributed by atoms with E-state index in [1.54, 1.807) is 24.3 Å². The monoisotopic (exact) mass is 486 g/mol. The van der Waals surface area contributed by atoms with E-state index in [-0.39, 0.29) is 17.4 Å². The number of nitrogens with zero attached hydrogens (tertiary/aromatic N) is 1. The summed E-state index contributed by atoms with van der Waals surface area (Å²) in [6, 6.07) is 11.8. The lowest BCUT2D eigenvalue weighted by Gasteiger charge is -2.51.